The number of rotatable bonds is 8. The van der Waals surface area contributed by atoms with Crippen molar-refractivity contribution in [2.24, 2.45) is 0 Å². The quantitative estimate of drug-likeness (QED) is 0.491. The molecule has 3 heterocycles. The SMILES string of the molecule is CS(=O)(=O)N1CCC(Nc2cc(C(=O)NCC(O)CN3CCc4ccccc4C3)ncn2)C1. The fourth-order valence-corrected chi connectivity index (χ4v) is 5.18. The molecule has 11 heteroatoms. The van der Waals surface area contributed by atoms with Gasteiger partial charge >= 0.3 is 0 Å². The predicted molar refractivity (Wildman–Crippen MR) is 124 cm³/mol. The van der Waals surface area contributed by atoms with E-state index in [4.69, 9.17) is 0 Å². The predicted octanol–water partition coefficient (Wildman–Crippen LogP) is 0.0714. The molecule has 1 aromatic carbocycles. The second-order valence-electron chi connectivity index (χ2n) is 8.66. The molecule has 2 unspecified atom stereocenters. The third-order valence-electron chi connectivity index (χ3n) is 6.05. The normalized spacial score (nSPS) is 20.2. The Bertz CT molecular complexity index is 1100. The van der Waals surface area contributed by atoms with Crippen LogP contribution in [0.4, 0.5) is 5.82 Å². The van der Waals surface area contributed by atoms with Gasteiger partial charge < -0.3 is 15.7 Å². The number of nitrogens with one attached hydrogen (secondary N) is 2. The summed E-state index contributed by atoms with van der Waals surface area (Å²) < 4.78 is 24.8. The first-order valence-corrected chi connectivity index (χ1v) is 12.9. The van der Waals surface area contributed by atoms with E-state index in [0.29, 0.717) is 31.9 Å². The summed E-state index contributed by atoms with van der Waals surface area (Å²) in [6.07, 6.45) is 3.41. The Hall–Kier alpha value is -2.60. The molecular formula is C22H30N6O4S. The highest BCUT2D eigenvalue weighted by Crippen LogP contribution is 2.19. The van der Waals surface area contributed by atoms with E-state index < -0.39 is 22.0 Å². The highest BCUT2D eigenvalue weighted by molar-refractivity contribution is 7.88. The van der Waals surface area contributed by atoms with Gasteiger partial charge in [-0.2, -0.15) is 0 Å². The van der Waals surface area contributed by atoms with Gasteiger partial charge in [-0.05, 0) is 24.0 Å². The lowest BCUT2D eigenvalue weighted by Gasteiger charge is -2.30. The van der Waals surface area contributed by atoms with Gasteiger partial charge in [0.05, 0.1) is 12.4 Å². The Morgan fingerprint density at radius 2 is 2.03 bits per heavy atom. The lowest BCUT2D eigenvalue weighted by Crippen LogP contribution is -2.42. The van der Waals surface area contributed by atoms with Crippen LogP contribution < -0.4 is 10.6 Å². The molecule has 1 fully saturated rings. The van der Waals surface area contributed by atoms with E-state index in [-0.39, 0.29) is 18.3 Å². The maximum atomic E-state index is 12.5. The monoisotopic (exact) mass is 474 g/mol. The van der Waals surface area contributed by atoms with Crippen molar-refractivity contribution in [2.75, 3.05) is 44.3 Å². The van der Waals surface area contributed by atoms with E-state index in [1.807, 2.05) is 12.1 Å². The molecule has 4 rings (SSSR count). The summed E-state index contributed by atoms with van der Waals surface area (Å²) in [4.78, 5) is 22.9. The Morgan fingerprint density at radius 1 is 1.24 bits per heavy atom. The number of sulfonamides is 1. The summed E-state index contributed by atoms with van der Waals surface area (Å²) in [6.45, 7) is 3.08. The minimum Gasteiger partial charge on any atom is -0.390 e. The van der Waals surface area contributed by atoms with Gasteiger partial charge in [-0.25, -0.2) is 22.7 Å². The molecule has 0 saturated carbocycles. The summed E-state index contributed by atoms with van der Waals surface area (Å²) in [5.74, 6) is 0.0655. The number of carbonyl (C=O) groups excluding carboxylic acids is 1. The molecule has 178 valence electrons. The second kappa shape index (κ2) is 10.1. The van der Waals surface area contributed by atoms with E-state index in [1.165, 1.54) is 34.1 Å². The minimum atomic E-state index is -3.22. The number of aliphatic hydroxyl groups excluding tert-OH is 1. The molecule has 3 N–H and O–H groups in total. The van der Waals surface area contributed by atoms with E-state index in [2.05, 4.69) is 37.6 Å². The number of nitrogens with zero attached hydrogens (tertiary/aromatic N) is 4. The van der Waals surface area contributed by atoms with Crippen molar-refractivity contribution in [1.29, 1.82) is 0 Å². The van der Waals surface area contributed by atoms with Gasteiger partial charge in [-0.3, -0.25) is 9.69 Å². The number of benzene rings is 1. The van der Waals surface area contributed by atoms with Crippen molar-refractivity contribution in [3.63, 3.8) is 0 Å². The number of anilines is 1. The van der Waals surface area contributed by atoms with Gasteiger partial charge in [0.1, 0.15) is 17.8 Å². The topological polar surface area (TPSA) is 128 Å². The molecule has 1 amide bonds. The molecule has 2 aliphatic rings. The molecule has 0 spiro atoms. The van der Waals surface area contributed by atoms with Crippen LogP contribution in [0.5, 0.6) is 0 Å². The zero-order valence-corrected chi connectivity index (χ0v) is 19.5. The standard InChI is InChI=1S/C22H30N6O4S/c1-33(31,32)28-9-7-18(13-28)26-21-10-20(24-15-25-21)22(30)23-11-19(29)14-27-8-6-16-4-2-3-5-17(16)12-27/h2-5,10,15,18-19,29H,6-9,11-14H2,1H3,(H,23,30)(H,24,25,26). The van der Waals surface area contributed by atoms with Gasteiger partial charge in [-0.15, -0.1) is 0 Å². The highest BCUT2D eigenvalue weighted by atomic mass is 32.2. The third kappa shape index (κ3) is 6.26. The highest BCUT2D eigenvalue weighted by Gasteiger charge is 2.28. The molecule has 2 atom stereocenters. The van der Waals surface area contributed by atoms with Crippen molar-refractivity contribution in [3.05, 3.63) is 53.5 Å². The van der Waals surface area contributed by atoms with Crippen LogP contribution in [0.25, 0.3) is 0 Å². The first-order chi connectivity index (χ1) is 15.8. The summed E-state index contributed by atoms with van der Waals surface area (Å²) in [5.41, 5.74) is 2.82. The number of carbonyl (C=O) groups is 1. The van der Waals surface area contributed by atoms with Crippen LogP contribution in [0.1, 0.15) is 28.0 Å². The summed E-state index contributed by atoms with van der Waals surface area (Å²) in [7, 11) is -3.22. The first-order valence-electron chi connectivity index (χ1n) is 11.1. The molecular weight excluding hydrogens is 444 g/mol. The van der Waals surface area contributed by atoms with Crippen LogP contribution in [0.15, 0.2) is 36.7 Å². The average molecular weight is 475 g/mol. The van der Waals surface area contributed by atoms with Crippen LogP contribution in [0, 0.1) is 0 Å². The summed E-state index contributed by atoms with van der Waals surface area (Å²) >= 11 is 0. The Morgan fingerprint density at radius 3 is 2.79 bits per heavy atom. The Balaban J connectivity index is 1.25. The smallest absolute Gasteiger partial charge is 0.270 e. The van der Waals surface area contributed by atoms with Crippen molar-refractivity contribution in [2.45, 2.75) is 31.5 Å². The van der Waals surface area contributed by atoms with Gasteiger partial charge in [0.2, 0.25) is 10.0 Å². The molecule has 2 aliphatic heterocycles. The second-order valence-corrected chi connectivity index (χ2v) is 10.6. The molecule has 0 aliphatic carbocycles. The van der Waals surface area contributed by atoms with Crippen LogP contribution in [-0.4, -0.2) is 89.7 Å². The summed E-state index contributed by atoms with van der Waals surface area (Å²) in [6, 6.07) is 9.78. The number of β-amino-alcohol motifs (C(OH)–C–C–N with tert-alkyl or cyclic N) is 1. The molecule has 0 bridgehead atoms. The number of aliphatic hydroxyl groups is 1. The maximum absolute atomic E-state index is 12.5. The van der Waals surface area contributed by atoms with Crippen molar-refractivity contribution >= 4 is 21.7 Å². The van der Waals surface area contributed by atoms with Crippen LogP contribution in [-0.2, 0) is 23.0 Å². The molecule has 0 radical (unpaired) electrons. The summed E-state index contributed by atoms with van der Waals surface area (Å²) in [5, 5.41) is 16.3. The van der Waals surface area contributed by atoms with Gasteiger partial charge in [-0.1, -0.05) is 24.3 Å². The molecule has 1 aromatic heterocycles. The van der Waals surface area contributed by atoms with E-state index in [1.54, 1.807) is 0 Å². The fraction of sp³-hybridized carbons (Fsp3) is 0.500. The van der Waals surface area contributed by atoms with Crippen LogP contribution >= 0.6 is 0 Å². The molecule has 10 nitrogen and oxygen atoms in total. The van der Waals surface area contributed by atoms with Crippen molar-refractivity contribution in [3.8, 4) is 0 Å². The lowest BCUT2D eigenvalue weighted by molar-refractivity contribution is 0.0838. The van der Waals surface area contributed by atoms with Gasteiger partial charge in [0.15, 0.2) is 0 Å². The lowest BCUT2D eigenvalue weighted by atomic mass is 10.00. The van der Waals surface area contributed by atoms with Crippen molar-refractivity contribution < 1.29 is 18.3 Å². The van der Waals surface area contributed by atoms with Crippen LogP contribution in [0.2, 0.25) is 0 Å². The Kier molecular flexibility index (Phi) is 7.23. The fourth-order valence-electron chi connectivity index (χ4n) is 4.29. The largest absolute Gasteiger partial charge is 0.390 e. The van der Waals surface area contributed by atoms with E-state index >= 15 is 0 Å². The zero-order valence-electron chi connectivity index (χ0n) is 18.6. The number of fused-ring (bicyclic) bond motifs is 1. The average Bonchev–Trinajstić information content (AvgIpc) is 3.27. The maximum Gasteiger partial charge on any atom is 0.270 e. The van der Waals surface area contributed by atoms with Crippen molar-refractivity contribution in [1.82, 2.24) is 24.5 Å². The van der Waals surface area contributed by atoms with Crippen LogP contribution in [0.3, 0.4) is 0 Å². The molecule has 1 saturated heterocycles. The van der Waals surface area contributed by atoms with E-state index in [0.717, 1.165) is 19.5 Å². The number of hydrogen-bond acceptors (Lipinski definition) is 8. The molecule has 2 aromatic rings. The minimum absolute atomic E-state index is 0.0815. The first kappa shape index (κ1) is 23.6. The van der Waals surface area contributed by atoms with Gasteiger partial charge in [0, 0.05) is 51.4 Å². The molecule has 33 heavy (non-hydrogen) atoms. The van der Waals surface area contributed by atoms with E-state index in [9.17, 15) is 18.3 Å². The Labute approximate surface area is 194 Å². The number of hydrogen-bond donors (Lipinski definition) is 3. The number of aromatic nitrogens is 2. The third-order valence-corrected chi connectivity index (χ3v) is 7.32. The number of amides is 1. The van der Waals surface area contributed by atoms with Gasteiger partial charge in [0.25, 0.3) is 5.91 Å². The zero-order chi connectivity index (χ0) is 23.4.